The predicted octanol–water partition coefficient (Wildman–Crippen LogP) is 4.15. The van der Waals surface area contributed by atoms with Crippen molar-refractivity contribution in [3.8, 4) is 0 Å². The highest BCUT2D eigenvalue weighted by atomic mass is 14.8. The lowest BCUT2D eigenvalue weighted by Crippen LogP contribution is -2.26. The standard InChI is InChI=1S/C14H22/c1-3-7-13(9-11(13)5-1)14-8-4-2-6-12(14)10-14/h11-12H,1-10H2/t11-,12+,13-,14+. The van der Waals surface area contributed by atoms with E-state index in [4.69, 9.17) is 0 Å². The number of rotatable bonds is 1. The Morgan fingerprint density at radius 1 is 0.643 bits per heavy atom. The van der Waals surface area contributed by atoms with Crippen LogP contribution in [0.5, 0.6) is 0 Å². The molecule has 4 rings (SSSR count). The van der Waals surface area contributed by atoms with Gasteiger partial charge in [-0.25, -0.2) is 0 Å². The van der Waals surface area contributed by atoms with Gasteiger partial charge in [-0.3, -0.25) is 0 Å². The second-order valence-corrected chi connectivity index (χ2v) is 6.61. The first kappa shape index (κ1) is 8.19. The maximum absolute atomic E-state index is 1.64. The largest absolute Gasteiger partial charge is 0.0530 e. The number of hydrogen-bond donors (Lipinski definition) is 0. The minimum Gasteiger partial charge on any atom is -0.0530 e. The van der Waals surface area contributed by atoms with Crippen LogP contribution < -0.4 is 0 Å². The normalized spacial score (nSPS) is 60.0. The van der Waals surface area contributed by atoms with Crippen molar-refractivity contribution in [1.82, 2.24) is 0 Å². The van der Waals surface area contributed by atoms with Gasteiger partial charge in [-0.05, 0) is 61.2 Å². The molecule has 4 aliphatic rings. The molecule has 0 nitrogen and oxygen atoms in total. The summed E-state index contributed by atoms with van der Waals surface area (Å²) in [6.07, 6.45) is 15.9. The van der Waals surface area contributed by atoms with E-state index in [0.717, 1.165) is 10.8 Å². The summed E-state index contributed by atoms with van der Waals surface area (Å²) in [7, 11) is 0. The molecule has 0 heteroatoms. The zero-order valence-corrected chi connectivity index (χ0v) is 9.23. The Bertz CT molecular complexity index is 241. The van der Waals surface area contributed by atoms with Crippen LogP contribution in [0.2, 0.25) is 0 Å². The molecule has 0 aromatic carbocycles. The van der Waals surface area contributed by atoms with Gasteiger partial charge in [-0.15, -0.1) is 0 Å². The molecule has 0 N–H and O–H groups in total. The molecule has 4 aliphatic carbocycles. The van der Waals surface area contributed by atoms with Crippen LogP contribution in [0.15, 0.2) is 0 Å². The van der Waals surface area contributed by atoms with Crippen LogP contribution in [-0.4, -0.2) is 0 Å². The molecule has 4 atom stereocenters. The van der Waals surface area contributed by atoms with E-state index in [2.05, 4.69) is 0 Å². The topological polar surface area (TPSA) is 0 Å². The summed E-state index contributed by atoms with van der Waals surface area (Å²) >= 11 is 0. The van der Waals surface area contributed by atoms with E-state index in [9.17, 15) is 0 Å². The molecule has 0 spiro atoms. The van der Waals surface area contributed by atoms with Crippen molar-refractivity contribution in [2.45, 2.75) is 64.2 Å². The highest BCUT2D eigenvalue weighted by Crippen LogP contribution is 2.82. The van der Waals surface area contributed by atoms with Crippen LogP contribution in [0.1, 0.15) is 64.2 Å². The lowest BCUT2D eigenvalue weighted by molar-refractivity contribution is 0.146. The molecule has 0 unspecified atom stereocenters. The lowest BCUT2D eigenvalue weighted by atomic mass is 9.70. The highest BCUT2D eigenvalue weighted by molar-refractivity contribution is 5.23. The van der Waals surface area contributed by atoms with Gasteiger partial charge < -0.3 is 0 Å². The van der Waals surface area contributed by atoms with Gasteiger partial charge in [0.05, 0.1) is 0 Å². The Morgan fingerprint density at radius 2 is 1.14 bits per heavy atom. The molecular weight excluding hydrogens is 168 g/mol. The zero-order chi connectivity index (χ0) is 9.23. The van der Waals surface area contributed by atoms with Crippen LogP contribution in [-0.2, 0) is 0 Å². The molecule has 0 heterocycles. The van der Waals surface area contributed by atoms with Gasteiger partial charge >= 0.3 is 0 Å². The van der Waals surface area contributed by atoms with E-state index in [-0.39, 0.29) is 0 Å². The van der Waals surface area contributed by atoms with E-state index in [1.807, 2.05) is 0 Å². The summed E-state index contributed by atoms with van der Waals surface area (Å²) in [6.45, 7) is 0. The molecule has 0 amide bonds. The Morgan fingerprint density at radius 3 is 1.57 bits per heavy atom. The molecule has 4 fully saturated rings. The van der Waals surface area contributed by atoms with Crippen molar-refractivity contribution < 1.29 is 0 Å². The van der Waals surface area contributed by atoms with Gasteiger partial charge in [0.1, 0.15) is 0 Å². The molecule has 14 heavy (non-hydrogen) atoms. The Labute approximate surface area is 87.5 Å². The Hall–Kier alpha value is 0. The van der Waals surface area contributed by atoms with Gasteiger partial charge in [0.2, 0.25) is 0 Å². The molecule has 0 saturated heterocycles. The smallest absolute Gasteiger partial charge is 0.0207 e. The predicted molar refractivity (Wildman–Crippen MR) is 58.0 cm³/mol. The van der Waals surface area contributed by atoms with E-state index in [0.29, 0.717) is 0 Å². The second kappa shape index (κ2) is 2.39. The molecular formula is C14H22. The molecule has 0 aliphatic heterocycles. The van der Waals surface area contributed by atoms with Crippen molar-refractivity contribution in [2.24, 2.45) is 22.7 Å². The van der Waals surface area contributed by atoms with Crippen LogP contribution in [0, 0.1) is 22.7 Å². The summed E-state index contributed by atoms with van der Waals surface area (Å²) in [5.74, 6) is 2.39. The quantitative estimate of drug-likeness (QED) is 0.583. The molecule has 0 aromatic rings. The second-order valence-electron chi connectivity index (χ2n) is 6.61. The Balaban J connectivity index is 1.63. The van der Waals surface area contributed by atoms with Crippen LogP contribution in [0.3, 0.4) is 0 Å². The fourth-order valence-corrected chi connectivity index (χ4v) is 5.51. The number of hydrogen-bond acceptors (Lipinski definition) is 0. The minimum absolute atomic E-state index is 0.927. The third-order valence-corrected chi connectivity index (χ3v) is 6.31. The SMILES string of the molecule is C1CC[C@@]2([C@]34CCCC[C@H]3C4)C[C@H]2C1. The third kappa shape index (κ3) is 0.785. The van der Waals surface area contributed by atoms with Crippen molar-refractivity contribution >= 4 is 0 Å². The summed E-state index contributed by atoms with van der Waals surface area (Å²) in [5, 5.41) is 0. The van der Waals surface area contributed by atoms with Crippen molar-refractivity contribution in [2.75, 3.05) is 0 Å². The molecule has 0 bridgehead atoms. The fraction of sp³-hybridized carbons (Fsp3) is 1.00. The number of fused-ring (bicyclic) bond motifs is 3. The summed E-state index contributed by atoms with van der Waals surface area (Å²) < 4.78 is 0. The highest BCUT2D eigenvalue weighted by Gasteiger charge is 2.74. The zero-order valence-electron chi connectivity index (χ0n) is 9.23. The average molecular weight is 190 g/mol. The van der Waals surface area contributed by atoms with Crippen LogP contribution >= 0.6 is 0 Å². The third-order valence-electron chi connectivity index (χ3n) is 6.31. The van der Waals surface area contributed by atoms with Crippen LogP contribution in [0.4, 0.5) is 0 Å². The molecule has 78 valence electrons. The van der Waals surface area contributed by atoms with E-state index < -0.39 is 0 Å². The van der Waals surface area contributed by atoms with Gasteiger partial charge in [0.15, 0.2) is 0 Å². The van der Waals surface area contributed by atoms with Gasteiger partial charge in [0.25, 0.3) is 0 Å². The van der Waals surface area contributed by atoms with Gasteiger partial charge in [-0.2, -0.15) is 0 Å². The van der Waals surface area contributed by atoms with E-state index >= 15 is 0 Å². The first-order valence-corrected chi connectivity index (χ1v) is 6.87. The first-order chi connectivity index (χ1) is 6.87. The van der Waals surface area contributed by atoms with Crippen molar-refractivity contribution in [3.05, 3.63) is 0 Å². The average Bonchev–Trinajstić information content (AvgIpc) is 3.11. The molecule has 0 aromatic heterocycles. The maximum atomic E-state index is 1.64. The van der Waals surface area contributed by atoms with Crippen LogP contribution in [0.25, 0.3) is 0 Å². The monoisotopic (exact) mass is 190 g/mol. The van der Waals surface area contributed by atoms with Gasteiger partial charge in [-0.1, -0.05) is 25.7 Å². The van der Waals surface area contributed by atoms with E-state index in [1.54, 1.807) is 64.2 Å². The Kier molecular flexibility index (Phi) is 1.40. The lowest BCUT2D eigenvalue weighted by Gasteiger charge is -2.35. The van der Waals surface area contributed by atoms with Crippen molar-refractivity contribution in [1.29, 1.82) is 0 Å². The van der Waals surface area contributed by atoms with E-state index in [1.165, 1.54) is 11.8 Å². The maximum Gasteiger partial charge on any atom is -0.0207 e. The summed E-state index contributed by atoms with van der Waals surface area (Å²) in [4.78, 5) is 0. The molecule has 4 saturated carbocycles. The fourth-order valence-electron chi connectivity index (χ4n) is 5.51. The van der Waals surface area contributed by atoms with Gasteiger partial charge in [0, 0.05) is 0 Å². The van der Waals surface area contributed by atoms with Crippen molar-refractivity contribution in [3.63, 3.8) is 0 Å². The minimum atomic E-state index is 0.927. The summed E-state index contributed by atoms with van der Waals surface area (Å²) in [5.41, 5.74) is 1.85. The summed E-state index contributed by atoms with van der Waals surface area (Å²) in [6, 6.07) is 0. The first-order valence-electron chi connectivity index (χ1n) is 6.87. The molecule has 0 radical (unpaired) electrons.